The van der Waals surface area contributed by atoms with E-state index in [-0.39, 0.29) is 12.8 Å². The van der Waals surface area contributed by atoms with Gasteiger partial charge in [0.1, 0.15) is 0 Å². The second kappa shape index (κ2) is 13.5. The highest BCUT2D eigenvalue weighted by Crippen LogP contribution is 2.31. The van der Waals surface area contributed by atoms with Gasteiger partial charge in [-0.1, -0.05) is 19.8 Å². The lowest BCUT2D eigenvalue weighted by molar-refractivity contribution is -0.148. The maximum absolute atomic E-state index is 11.4. The second-order valence-corrected chi connectivity index (χ2v) is 27.6. The molecule has 0 radical (unpaired) electrons. The number of aliphatic carboxylic acids is 3. The molecule has 13 heteroatoms. The molecule has 0 aliphatic rings. The highest BCUT2D eigenvalue weighted by atomic mass is 28.5. The van der Waals surface area contributed by atoms with Crippen LogP contribution in [0.3, 0.4) is 0 Å². The zero-order chi connectivity index (χ0) is 27.0. The molecule has 0 aliphatic carbocycles. The van der Waals surface area contributed by atoms with Crippen LogP contribution in [0.1, 0.15) is 39.0 Å². The minimum absolute atomic E-state index is 0.287. The Kier molecular flexibility index (Phi) is 13.1. The fourth-order valence-corrected chi connectivity index (χ4v) is 23.1. The number of hydrogen-bond acceptors (Lipinski definition) is 6. The van der Waals surface area contributed by atoms with E-state index < -0.39 is 63.5 Å². The van der Waals surface area contributed by atoms with Crippen molar-refractivity contribution in [1.82, 2.24) is 0 Å². The Morgan fingerprint density at radius 1 is 0.735 bits per heavy atom. The number of carboxylic acid groups (broad SMARTS) is 3. The van der Waals surface area contributed by atoms with Crippen LogP contribution in [-0.2, 0) is 26.7 Å². The molecule has 0 aromatic heterocycles. The fourth-order valence-electron chi connectivity index (χ4n) is 4.19. The molecule has 0 saturated carbocycles. The van der Waals surface area contributed by atoms with Gasteiger partial charge in [0.15, 0.2) is 16.6 Å². The molecule has 0 fully saturated rings. The van der Waals surface area contributed by atoms with E-state index in [1.54, 1.807) is 6.92 Å². The molecule has 9 nitrogen and oxygen atoms in total. The molecule has 0 saturated heterocycles. The molecule has 0 heterocycles. The largest absolute Gasteiger partial charge is 0.481 e. The third-order valence-electron chi connectivity index (χ3n) is 5.30. The Morgan fingerprint density at radius 2 is 1.26 bits per heavy atom. The molecule has 0 aliphatic heterocycles. The maximum Gasteiger partial charge on any atom is 0.315 e. The van der Waals surface area contributed by atoms with Crippen LogP contribution in [0.5, 0.6) is 0 Å². The molecule has 34 heavy (non-hydrogen) atoms. The van der Waals surface area contributed by atoms with Gasteiger partial charge in [0.25, 0.3) is 0 Å². The van der Waals surface area contributed by atoms with Crippen LogP contribution in [0.4, 0.5) is 0 Å². The highest BCUT2D eigenvalue weighted by Gasteiger charge is 2.45. The van der Waals surface area contributed by atoms with E-state index >= 15 is 0 Å². The van der Waals surface area contributed by atoms with E-state index in [0.29, 0.717) is 31.4 Å². The van der Waals surface area contributed by atoms with E-state index in [1.807, 2.05) is 19.6 Å². The molecule has 0 bridgehead atoms. The maximum atomic E-state index is 11.4. The highest BCUT2D eigenvalue weighted by molar-refractivity contribution is 6.89. The first-order valence-corrected chi connectivity index (χ1v) is 23.8. The quantitative estimate of drug-likeness (QED) is 0.192. The summed E-state index contributed by atoms with van der Waals surface area (Å²) in [5.41, 5.74) is 0. The van der Waals surface area contributed by atoms with E-state index in [4.69, 9.17) is 17.5 Å². The molecule has 3 atom stereocenters. The van der Waals surface area contributed by atoms with Gasteiger partial charge in [-0.2, -0.15) is 0 Å². The Bertz CT molecular complexity index is 694. The Morgan fingerprint density at radius 3 is 1.71 bits per heavy atom. The molecule has 200 valence electrons. The monoisotopic (exact) mass is 554 g/mol. The minimum atomic E-state index is -2.73. The predicted octanol–water partition coefficient (Wildman–Crippen LogP) is 5.31. The summed E-state index contributed by atoms with van der Waals surface area (Å²) in [6.45, 7) is 18.3. The third kappa shape index (κ3) is 15.2. The van der Waals surface area contributed by atoms with Crippen molar-refractivity contribution in [1.29, 1.82) is 0 Å². The van der Waals surface area contributed by atoms with Crippen LogP contribution >= 0.6 is 0 Å². The summed E-state index contributed by atoms with van der Waals surface area (Å²) in [5.74, 6) is -4.36. The molecule has 3 unspecified atom stereocenters. The predicted molar refractivity (Wildman–Crippen MR) is 141 cm³/mol. The molecular formula is C21H46O9Si4. The summed E-state index contributed by atoms with van der Waals surface area (Å²) in [7, 11) is -9.34. The van der Waals surface area contributed by atoms with Crippen molar-refractivity contribution < 1.29 is 42.0 Å². The molecule has 0 aromatic rings. The van der Waals surface area contributed by atoms with E-state index in [2.05, 4.69) is 32.7 Å². The number of carbonyl (C=O) groups is 3. The van der Waals surface area contributed by atoms with Crippen LogP contribution in [0.2, 0.25) is 64.5 Å². The third-order valence-corrected chi connectivity index (χ3v) is 20.2. The van der Waals surface area contributed by atoms with E-state index in [9.17, 15) is 24.6 Å². The zero-order valence-corrected chi connectivity index (χ0v) is 26.4. The van der Waals surface area contributed by atoms with Crippen LogP contribution in [0.25, 0.3) is 0 Å². The second-order valence-electron chi connectivity index (χ2n) is 11.4. The van der Waals surface area contributed by atoms with Gasteiger partial charge in [-0.05, 0) is 77.3 Å². The summed E-state index contributed by atoms with van der Waals surface area (Å²) >= 11 is 0. The lowest BCUT2D eigenvalue weighted by atomic mass is 10.0. The van der Waals surface area contributed by atoms with Crippen molar-refractivity contribution in [2.45, 2.75) is 103 Å². The average Bonchev–Trinajstić information content (AvgIpc) is 2.56. The normalized spacial score (nSPS) is 16.5. The Balaban J connectivity index is 5.39. The van der Waals surface area contributed by atoms with Gasteiger partial charge in [0, 0.05) is 0 Å². The smallest absolute Gasteiger partial charge is 0.315 e. The molecule has 0 amide bonds. The number of carboxylic acids is 3. The summed E-state index contributed by atoms with van der Waals surface area (Å²) in [4.78, 5) is 33.5. The Labute approximate surface area is 209 Å². The first-order chi connectivity index (χ1) is 15.2. The van der Waals surface area contributed by atoms with Crippen LogP contribution in [0.15, 0.2) is 0 Å². The first-order valence-electron chi connectivity index (χ1n) is 11.9. The zero-order valence-electron chi connectivity index (χ0n) is 22.4. The van der Waals surface area contributed by atoms with Crippen molar-refractivity contribution >= 4 is 51.7 Å². The van der Waals surface area contributed by atoms with Crippen molar-refractivity contribution in [3.05, 3.63) is 0 Å². The van der Waals surface area contributed by atoms with Gasteiger partial charge in [0.05, 0.1) is 18.3 Å². The molecule has 0 spiro atoms. The van der Waals surface area contributed by atoms with Crippen LogP contribution < -0.4 is 0 Å². The lowest BCUT2D eigenvalue weighted by Gasteiger charge is -2.42. The molecule has 0 rings (SSSR count). The van der Waals surface area contributed by atoms with Gasteiger partial charge in [-0.3, -0.25) is 14.4 Å². The average molecular weight is 555 g/mol. The van der Waals surface area contributed by atoms with Gasteiger partial charge in [-0.15, -0.1) is 0 Å². The SMILES string of the molecule is CC(CCC[Si](C)(O[Si](C)(C)CCCC(CC(=O)O)C(=O)O)O[Si](C)(C)O[Si](C)(C)C)C(=O)O. The van der Waals surface area contributed by atoms with Gasteiger partial charge >= 0.3 is 35.0 Å². The van der Waals surface area contributed by atoms with E-state index in [1.165, 1.54) is 0 Å². The first kappa shape index (κ1) is 33.2. The molecule has 3 N–H and O–H groups in total. The Hall–Kier alpha value is -0.842. The van der Waals surface area contributed by atoms with Crippen molar-refractivity contribution in [3.63, 3.8) is 0 Å². The molecular weight excluding hydrogens is 509 g/mol. The standard InChI is InChI=1S/C21H46O9Si4/c1-17(20(24)25)12-10-15-34(9,30-33(7,8)28-31(2,3)4)29-32(5,6)14-11-13-18(21(26)27)16-19(22)23/h17-18H,10-16H2,1-9H3,(H,22,23)(H,24,25)(H,26,27). The van der Waals surface area contributed by atoms with Crippen molar-refractivity contribution in [3.8, 4) is 0 Å². The van der Waals surface area contributed by atoms with Crippen molar-refractivity contribution in [2.75, 3.05) is 0 Å². The topological polar surface area (TPSA) is 140 Å². The minimum Gasteiger partial charge on any atom is -0.481 e. The van der Waals surface area contributed by atoms with E-state index in [0.717, 1.165) is 0 Å². The van der Waals surface area contributed by atoms with Gasteiger partial charge in [0.2, 0.25) is 0 Å². The van der Waals surface area contributed by atoms with Crippen molar-refractivity contribution in [2.24, 2.45) is 11.8 Å². The molecule has 0 aromatic carbocycles. The summed E-state index contributed by atoms with van der Waals surface area (Å²) in [6.07, 6.45) is 1.69. The van der Waals surface area contributed by atoms with Gasteiger partial charge < -0.3 is 27.7 Å². The summed E-state index contributed by atoms with van der Waals surface area (Å²) in [6, 6.07) is 1.34. The summed E-state index contributed by atoms with van der Waals surface area (Å²) < 4.78 is 19.8. The van der Waals surface area contributed by atoms with Gasteiger partial charge in [-0.25, -0.2) is 0 Å². The fraction of sp³-hybridized carbons (Fsp3) is 0.857. The number of hydrogen-bond donors (Lipinski definition) is 3. The lowest BCUT2D eigenvalue weighted by Crippen LogP contribution is -2.57. The summed E-state index contributed by atoms with van der Waals surface area (Å²) in [5, 5.41) is 27.5. The van der Waals surface area contributed by atoms with Crippen LogP contribution in [0, 0.1) is 11.8 Å². The van der Waals surface area contributed by atoms with Crippen LogP contribution in [-0.4, -0.2) is 67.0 Å². The number of rotatable bonds is 18.